The number of para-hydroxylation sites is 1. The largest absolute Gasteiger partial charge is 0.423 e. The minimum atomic E-state index is -0.465. The van der Waals surface area contributed by atoms with Gasteiger partial charge < -0.3 is 9.72 Å². The molecule has 1 aromatic carbocycles. The minimum Gasteiger partial charge on any atom is -0.423 e. The molecule has 4 heteroatoms. The maximum Gasteiger partial charge on any atom is 0.346 e. The lowest BCUT2D eigenvalue weighted by atomic mass is 10.3. The molecule has 0 aliphatic rings. The Kier molecular flexibility index (Phi) is 2.74. The lowest BCUT2D eigenvalue weighted by molar-refractivity contribution is 0.0735. The smallest absolute Gasteiger partial charge is 0.346 e. The first-order valence-electron chi connectivity index (χ1n) is 4.37. The summed E-state index contributed by atoms with van der Waals surface area (Å²) < 4.78 is 5.10. The molecule has 0 bridgehead atoms. The van der Waals surface area contributed by atoms with Gasteiger partial charge in [0.25, 0.3) is 0 Å². The van der Waals surface area contributed by atoms with Gasteiger partial charge >= 0.3 is 5.97 Å². The predicted molar refractivity (Wildman–Crippen MR) is 57.2 cm³/mol. The lowest BCUT2D eigenvalue weighted by Crippen LogP contribution is -2.07. The molecule has 15 heavy (non-hydrogen) atoms. The van der Waals surface area contributed by atoms with E-state index in [4.69, 9.17) is 16.3 Å². The van der Waals surface area contributed by atoms with Gasteiger partial charge in [0.15, 0.2) is 0 Å². The van der Waals surface area contributed by atoms with E-state index in [0.29, 0.717) is 16.3 Å². The standard InChI is InChI=1S/C11H8ClNO2/c12-10-7-13-6-9(10)11(14)15-8-4-2-1-3-5-8/h1-7,13H. The quantitative estimate of drug-likeness (QED) is 0.626. The Morgan fingerprint density at radius 1 is 1.20 bits per heavy atom. The minimum absolute atomic E-state index is 0.334. The van der Waals surface area contributed by atoms with Gasteiger partial charge in [0, 0.05) is 12.4 Å². The van der Waals surface area contributed by atoms with Crippen molar-refractivity contribution in [1.29, 1.82) is 0 Å². The Labute approximate surface area is 91.6 Å². The van der Waals surface area contributed by atoms with Crippen LogP contribution in [-0.4, -0.2) is 11.0 Å². The second kappa shape index (κ2) is 4.19. The molecule has 1 N–H and O–H groups in total. The van der Waals surface area contributed by atoms with Gasteiger partial charge in [-0.2, -0.15) is 0 Å². The number of rotatable bonds is 2. The van der Waals surface area contributed by atoms with Crippen LogP contribution in [0.4, 0.5) is 0 Å². The van der Waals surface area contributed by atoms with Crippen LogP contribution in [0.5, 0.6) is 5.75 Å². The van der Waals surface area contributed by atoms with Crippen molar-refractivity contribution in [3.63, 3.8) is 0 Å². The van der Waals surface area contributed by atoms with Crippen molar-refractivity contribution in [2.75, 3.05) is 0 Å². The number of hydrogen-bond donors (Lipinski definition) is 1. The number of aromatic amines is 1. The fourth-order valence-electron chi connectivity index (χ4n) is 1.15. The van der Waals surface area contributed by atoms with Crippen LogP contribution in [-0.2, 0) is 0 Å². The average molecular weight is 222 g/mol. The Hall–Kier alpha value is -1.74. The van der Waals surface area contributed by atoms with E-state index < -0.39 is 5.97 Å². The number of benzene rings is 1. The Morgan fingerprint density at radius 3 is 2.53 bits per heavy atom. The SMILES string of the molecule is O=C(Oc1ccccc1)c1c[nH]cc1Cl. The average Bonchev–Trinajstić information content (AvgIpc) is 2.66. The van der Waals surface area contributed by atoms with Crippen LogP contribution in [0, 0.1) is 0 Å². The molecular weight excluding hydrogens is 214 g/mol. The number of ether oxygens (including phenoxy) is 1. The summed E-state index contributed by atoms with van der Waals surface area (Å²) in [6.45, 7) is 0. The second-order valence-corrected chi connectivity index (χ2v) is 3.33. The molecule has 0 saturated heterocycles. The highest BCUT2D eigenvalue weighted by Crippen LogP contribution is 2.17. The summed E-state index contributed by atoms with van der Waals surface area (Å²) in [4.78, 5) is 14.3. The summed E-state index contributed by atoms with van der Waals surface area (Å²) in [5, 5.41) is 0.357. The van der Waals surface area contributed by atoms with Gasteiger partial charge in [-0.15, -0.1) is 0 Å². The molecule has 0 fully saturated rings. The summed E-state index contributed by atoms with van der Waals surface area (Å²) in [5.41, 5.74) is 0.334. The zero-order chi connectivity index (χ0) is 10.7. The third-order valence-electron chi connectivity index (χ3n) is 1.87. The number of esters is 1. The predicted octanol–water partition coefficient (Wildman–Crippen LogP) is 2.89. The van der Waals surface area contributed by atoms with Gasteiger partial charge in [0.1, 0.15) is 5.75 Å². The summed E-state index contributed by atoms with van der Waals surface area (Å²) in [5.74, 6) is 0.0345. The molecule has 0 unspecified atom stereocenters. The molecule has 0 aliphatic carbocycles. The van der Waals surface area contributed by atoms with E-state index in [1.165, 1.54) is 12.4 Å². The lowest BCUT2D eigenvalue weighted by Gasteiger charge is -2.01. The van der Waals surface area contributed by atoms with E-state index in [0.717, 1.165) is 0 Å². The second-order valence-electron chi connectivity index (χ2n) is 2.92. The van der Waals surface area contributed by atoms with E-state index >= 15 is 0 Å². The monoisotopic (exact) mass is 221 g/mol. The Morgan fingerprint density at radius 2 is 1.93 bits per heavy atom. The van der Waals surface area contributed by atoms with Crippen LogP contribution < -0.4 is 4.74 Å². The van der Waals surface area contributed by atoms with Gasteiger partial charge in [-0.3, -0.25) is 0 Å². The third-order valence-corrected chi connectivity index (χ3v) is 2.18. The van der Waals surface area contributed by atoms with Crippen LogP contribution in [0.25, 0.3) is 0 Å². The van der Waals surface area contributed by atoms with Gasteiger partial charge in [-0.1, -0.05) is 29.8 Å². The summed E-state index contributed by atoms with van der Waals surface area (Å²) in [7, 11) is 0. The van der Waals surface area contributed by atoms with Crippen molar-refractivity contribution >= 4 is 17.6 Å². The van der Waals surface area contributed by atoms with Crippen molar-refractivity contribution < 1.29 is 9.53 Å². The van der Waals surface area contributed by atoms with E-state index in [9.17, 15) is 4.79 Å². The van der Waals surface area contributed by atoms with Crippen LogP contribution in [0.15, 0.2) is 42.7 Å². The molecule has 76 valence electrons. The van der Waals surface area contributed by atoms with E-state index in [1.807, 2.05) is 6.07 Å². The fraction of sp³-hybridized carbons (Fsp3) is 0. The van der Waals surface area contributed by atoms with Crippen molar-refractivity contribution in [2.24, 2.45) is 0 Å². The highest BCUT2D eigenvalue weighted by Gasteiger charge is 2.12. The first-order valence-corrected chi connectivity index (χ1v) is 4.74. The number of H-pyrrole nitrogens is 1. The molecule has 0 aliphatic heterocycles. The number of nitrogens with one attached hydrogen (secondary N) is 1. The molecular formula is C11H8ClNO2. The van der Waals surface area contributed by atoms with Gasteiger partial charge in [-0.05, 0) is 12.1 Å². The van der Waals surface area contributed by atoms with E-state index in [2.05, 4.69) is 4.98 Å². The number of carbonyl (C=O) groups is 1. The zero-order valence-electron chi connectivity index (χ0n) is 7.74. The van der Waals surface area contributed by atoms with Crippen LogP contribution in [0.3, 0.4) is 0 Å². The molecule has 0 radical (unpaired) electrons. The first-order chi connectivity index (χ1) is 7.27. The maximum atomic E-state index is 11.6. The van der Waals surface area contributed by atoms with Gasteiger partial charge in [-0.25, -0.2) is 4.79 Å². The van der Waals surface area contributed by atoms with Gasteiger partial charge in [0.2, 0.25) is 0 Å². The molecule has 0 spiro atoms. The summed E-state index contributed by atoms with van der Waals surface area (Å²) in [6.07, 6.45) is 3.04. The molecule has 2 aromatic rings. The van der Waals surface area contributed by atoms with Crippen molar-refractivity contribution in [2.45, 2.75) is 0 Å². The van der Waals surface area contributed by atoms with Gasteiger partial charge in [0.05, 0.1) is 10.6 Å². The topological polar surface area (TPSA) is 42.1 Å². The van der Waals surface area contributed by atoms with Crippen molar-refractivity contribution in [3.05, 3.63) is 53.3 Å². The fourth-order valence-corrected chi connectivity index (χ4v) is 1.35. The van der Waals surface area contributed by atoms with Crippen LogP contribution in [0.1, 0.15) is 10.4 Å². The molecule has 3 nitrogen and oxygen atoms in total. The molecule has 0 atom stereocenters. The van der Waals surface area contributed by atoms with Crippen molar-refractivity contribution in [3.8, 4) is 5.75 Å². The number of aromatic nitrogens is 1. The molecule has 0 saturated carbocycles. The zero-order valence-corrected chi connectivity index (χ0v) is 8.49. The van der Waals surface area contributed by atoms with E-state index in [1.54, 1.807) is 24.3 Å². The highest BCUT2D eigenvalue weighted by molar-refractivity contribution is 6.33. The maximum absolute atomic E-state index is 11.6. The summed E-state index contributed by atoms with van der Waals surface area (Å²) in [6, 6.07) is 8.85. The molecule has 2 rings (SSSR count). The Balaban J connectivity index is 2.15. The van der Waals surface area contributed by atoms with Crippen LogP contribution in [0.2, 0.25) is 5.02 Å². The number of carbonyl (C=O) groups excluding carboxylic acids is 1. The van der Waals surface area contributed by atoms with Crippen LogP contribution >= 0.6 is 11.6 Å². The normalized spacial score (nSPS) is 9.93. The molecule has 1 aromatic heterocycles. The molecule has 0 amide bonds. The number of halogens is 1. The van der Waals surface area contributed by atoms with Crippen molar-refractivity contribution in [1.82, 2.24) is 4.98 Å². The first kappa shape index (κ1) is 9.80. The summed E-state index contributed by atoms with van der Waals surface area (Å²) >= 11 is 5.77. The van der Waals surface area contributed by atoms with E-state index in [-0.39, 0.29) is 0 Å². The third kappa shape index (κ3) is 2.19. The number of hydrogen-bond acceptors (Lipinski definition) is 2. The highest BCUT2D eigenvalue weighted by atomic mass is 35.5. The molecule has 1 heterocycles. The Bertz CT molecular complexity index is 464.